The summed E-state index contributed by atoms with van der Waals surface area (Å²) < 4.78 is 5.88. The number of hydrogen-bond acceptors (Lipinski definition) is 3. The van der Waals surface area contributed by atoms with Crippen molar-refractivity contribution in [2.24, 2.45) is 5.73 Å². The van der Waals surface area contributed by atoms with Gasteiger partial charge in [-0.15, -0.1) is 0 Å². The van der Waals surface area contributed by atoms with Crippen LogP contribution in [0.5, 0.6) is 5.75 Å². The standard InChI is InChI=1S/C16H19N3O/c1-11(2)13-7-3-4-8-14(13)20-10-12-6-5-9-19-15(12)16(17)18/h3-9,11H,10H2,1-2H3,(H3,17,18). The van der Waals surface area contributed by atoms with Crippen molar-refractivity contribution in [2.75, 3.05) is 0 Å². The minimum Gasteiger partial charge on any atom is -0.489 e. The molecule has 0 aliphatic rings. The topological polar surface area (TPSA) is 72.0 Å². The Kier molecular flexibility index (Phi) is 4.35. The monoisotopic (exact) mass is 269 g/mol. The van der Waals surface area contributed by atoms with E-state index >= 15 is 0 Å². The van der Waals surface area contributed by atoms with E-state index in [4.69, 9.17) is 15.9 Å². The molecule has 1 aromatic carbocycles. The summed E-state index contributed by atoms with van der Waals surface area (Å²) in [5, 5.41) is 7.53. The lowest BCUT2D eigenvalue weighted by molar-refractivity contribution is 0.301. The van der Waals surface area contributed by atoms with Gasteiger partial charge in [0, 0.05) is 11.8 Å². The van der Waals surface area contributed by atoms with E-state index in [0.29, 0.717) is 18.2 Å². The normalized spacial score (nSPS) is 10.6. The quantitative estimate of drug-likeness (QED) is 0.647. The molecule has 0 spiro atoms. The molecule has 4 heteroatoms. The second kappa shape index (κ2) is 6.19. The van der Waals surface area contributed by atoms with Crippen molar-refractivity contribution in [2.45, 2.75) is 26.4 Å². The van der Waals surface area contributed by atoms with Crippen LogP contribution in [-0.4, -0.2) is 10.8 Å². The second-order valence-electron chi connectivity index (χ2n) is 4.91. The average molecular weight is 269 g/mol. The van der Waals surface area contributed by atoms with Crippen LogP contribution in [0.2, 0.25) is 0 Å². The van der Waals surface area contributed by atoms with E-state index in [-0.39, 0.29) is 5.84 Å². The molecule has 1 heterocycles. The highest BCUT2D eigenvalue weighted by atomic mass is 16.5. The maximum absolute atomic E-state index is 7.53. The van der Waals surface area contributed by atoms with Crippen LogP contribution in [-0.2, 0) is 6.61 Å². The molecule has 0 saturated heterocycles. The molecule has 0 atom stereocenters. The zero-order valence-electron chi connectivity index (χ0n) is 11.8. The fourth-order valence-electron chi connectivity index (χ4n) is 2.04. The maximum Gasteiger partial charge on any atom is 0.142 e. The summed E-state index contributed by atoms with van der Waals surface area (Å²) in [7, 11) is 0. The summed E-state index contributed by atoms with van der Waals surface area (Å²) in [5.74, 6) is 1.22. The first-order chi connectivity index (χ1) is 9.59. The number of pyridine rings is 1. The van der Waals surface area contributed by atoms with Crippen LogP contribution in [0, 0.1) is 5.41 Å². The van der Waals surface area contributed by atoms with E-state index in [9.17, 15) is 0 Å². The van der Waals surface area contributed by atoms with Crippen LogP contribution in [0.15, 0.2) is 42.6 Å². The van der Waals surface area contributed by atoms with Gasteiger partial charge in [-0.25, -0.2) is 0 Å². The molecule has 0 unspecified atom stereocenters. The van der Waals surface area contributed by atoms with Gasteiger partial charge in [0.15, 0.2) is 0 Å². The van der Waals surface area contributed by atoms with Gasteiger partial charge in [-0.1, -0.05) is 38.1 Å². The molecule has 2 rings (SSSR count). The summed E-state index contributed by atoms with van der Waals surface area (Å²) in [5.41, 5.74) is 7.99. The Balaban J connectivity index is 2.20. The maximum atomic E-state index is 7.53. The minimum atomic E-state index is -0.0404. The SMILES string of the molecule is CC(C)c1ccccc1OCc1cccnc1C(=N)N. The lowest BCUT2D eigenvalue weighted by atomic mass is 10.0. The smallest absolute Gasteiger partial charge is 0.142 e. The molecule has 4 nitrogen and oxygen atoms in total. The third-order valence-electron chi connectivity index (χ3n) is 3.07. The second-order valence-corrected chi connectivity index (χ2v) is 4.91. The first-order valence-corrected chi connectivity index (χ1v) is 6.59. The number of hydrogen-bond donors (Lipinski definition) is 2. The number of benzene rings is 1. The van der Waals surface area contributed by atoms with Crippen LogP contribution in [0.1, 0.15) is 36.6 Å². The highest BCUT2D eigenvalue weighted by molar-refractivity contribution is 5.94. The third kappa shape index (κ3) is 3.15. The molecule has 20 heavy (non-hydrogen) atoms. The average Bonchev–Trinajstić information content (AvgIpc) is 2.45. The molecule has 0 fully saturated rings. The van der Waals surface area contributed by atoms with Gasteiger partial charge in [-0.3, -0.25) is 10.4 Å². The van der Waals surface area contributed by atoms with Gasteiger partial charge in [0.1, 0.15) is 23.9 Å². The van der Waals surface area contributed by atoms with E-state index in [0.717, 1.165) is 11.3 Å². The summed E-state index contributed by atoms with van der Waals surface area (Å²) in [6.07, 6.45) is 1.63. The van der Waals surface area contributed by atoms with Crippen molar-refractivity contribution in [1.82, 2.24) is 4.98 Å². The summed E-state index contributed by atoms with van der Waals surface area (Å²) in [6.45, 7) is 4.62. The van der Waals surface area contributed by atoms with E-state index in [2.05, 4.69) is 24.9 Å². The predicted octanol–water partition coefficient (Wildman–Crippen LogP) is 3.07. The van der Waals surface area contributed by atoms with Crippen molar-refractivity contribution in [3.05, 3.63) is 59.4 Å². The minimum absolute atomic E-state index is 0.0404. The molecule has 2 aromatic rings. The molecule has 0 amide bonds. The lowest BCUT2D eigenvalue weighted by Crippen LogP contribution is -2.16. The molecule has 0 radical (unpaired) electrons. The Bertz CT molecular complexity index is 608. The number of amidine groups is 1. The molecule has 0 bridgehead atoms. The number of nitrogens with zero attached hydrogens (tertiary/aromatic N) is 1. The first-order valence-electron chi connectivity index (χ1n) is 6.59. The molecule has 0 aliphatic heterocycles. The highest BCUT2D eigenvalue weighted by Crippen LogP contribution is 2.26. The third-order valence-corrected chi connectivity index (χ3v) is 3.07. The Morgan fingerprint density at radius 1 is 1.25 bits per heavy atom. The van der Waals surface area contributed by atoms with Crippen LogP contribution < -0.4 is 10.5 Å². The van der Waals surface area contributed by atoms with Crippen LogP contribution in [0.25, 0.3) is 0 Å². The predicted molar refractivity (Wildman–Crippen MR) is 80.1 cm³/mol. The van der Waals surface area contributed by atoms with E-state index in [1.165, 1.54) is 5.56 Å². The summed E-state index contributed by atoms with van der Waals surface area (Å²) in [4.78, 5) is 4.12. The largest absolute Gasteiger partial charge is 0.489 e. The Morgan fingerprint density at radius 2 is 2.00 bits per heavy atom. The van der Waals surface area contributed by atoms with Crippen molar-refractivity contribution in [3.63, 3.8) is 0 Å². The zero-order valence-corrected chi connectivity index (χ0v) is 11.8. The Hall–Kier alpha value is -2.36. The van der Waals surface area contributed by atoms with Gasteiger partial charge in [0.2, 0.25) is 0 Å². The van der Waals surface area contributed by atoms with Gasteiger partial charge in [-0.05, 0) is 23.6 Å². The summed E-state index contributed by atoms with van der Waals surface area (Å²) >= 11 is 0. The Morgan fingerprint density at radius 3 is 2.70 bits per heavy atom. The van der Waals surface area contributed by atoms with E-state index < -0.39 is 0 Å². The zero-order chi connectivity index (χ0) is 14.5. The van der Waals surface area contributed by atoms with E-state index in [1.54, 1.807) is 6.20 Å². The lowest BCUT2D eigenvalue weighted by Gasteiger charge is -2.14. The summed E-state index contributed by atoms with van der Waals surface area (Å²) in [6, 6.07) is 11.7. The van der Waals surface area contributed by atoms with Crippen LogP contribution in [0.4, 0.5) is 0 Å². The fourth-order valence-corrected chi connectivity index (χ4v) is 2.04. The number of rotatable bonds is 5. The van der Waals surface area contributed by atoms with Gasteiger partial charge < -0.3 is 10.5 Å². The van der Waals surface area contributed by atoms with Crippen molar-refractivity contribution < 1.29 is 4.74 Å². The number of nitrogen functional groups attached to an aromatic ring is 1. The number of para-hydroxylation sites is 1. The molecular weight excluding hydrogens is 250 g/mol. The van der Waals surface area contributed by atoms with Crippen LogP contribution in [0.3, 0.4) is 0 Å². The molecular formula is C16H19N3O. The van der Waals surface area contributed by atoms with Crippen LogP contribution >= 0.6 is 0 Å². The van der Waals surface area contributed by atoms with Gasteiger partial charge in [0.25, 0.3) is 0 Å². The van der Waals surface area contributed by atoms with Gasteiger partial charge in [-0.2, -0.15) is 0 Å². The molecule has 1 aromatic heterocycles. The molecule has 104 valence electrons. The molecule has 0 aliphatic carbocycles. The van der Waals surface area contributed by atoms with E-state index in [1.807, 2.05) is 30.3 Å². The van der Waals surface area contributed by atoms with Gasteiger partial charge in [0.05, 0.1) is 0 Å². The molecule has 0 saturated carbocycles. The Labute approximate surface area is 119 Å². The van der Waals surface area contributed by atoms with Crippen molar-refractivity contribution in [1.29, 1.82) is 5.41 Å². The fraction of sp³-hybridized carbons (Fsp3) is 0.250. The molecule has 3 N–H and O–H groups in total. The van der Waals surface area contributed by atoms with Crippen molar-refractivity contribution in [3.8, 4) is 5.75 Å². The first kappa shape index (κ1) is 14.1. The number of ether oxygens (including phenoxy) is 1. The number of aromatic nitrogens is 1. The number of nitrogens with one attached hydrogen (secondary N) is 1. The van der Waals surface area contributed by atoms with Crippen molar-refractivity contribution >= 4 is 5.84 Å². The number of nitrogens with two attached hydrogens (primary N) is 1. The highest BCUT2D eigenvalue weighted by Gasteiger charge is 2.10. The van der Waals surface area contributed by atoms with Gasteiger partial charge >= 0.3 is 0 Å².